The first-order valence-electron chi connectivity index (χ1n) is 25.8. The first kappa shape index (κ1) is 59.3. The van der Waals surface area contributed by atoms with Crippen molar-refractivity contribution in [2.45, 2.75) is 232 Å². The van der Waals surface area contributed by atoms with Gasteiger partial charge in [0.25, 0.3) is 0 Å². The van der Waals surface area contributed by atoms with E-state index in [-0.39, 0.29) is 37.5 Å². The minimum Gasteiger partial charge on any atom is -0.462 e. The molecule has 0 aromatic carbocycles. The fourth-order valence-corrected chi connectivity index (χ4v) is 6.89. The van der Waals surface area contributed by atoms with Gasteiger partial charge in [-0.2, -0.15) is 0 Å². The molecule has 0 aliphatic rings. The van der Waals surface area contributed by atoms with Crippen molar-refractivity contribution in [1.82, 2.24) is 0 Å². The van der Waals surface area contributed by atoms with E-state index >= 15 is 0 Å². The molecule has 0 N–H and O–H groups in total. The van der Waals surface area contributed by atoms with Crippen LogP contribution in [-0.2, 0) is 28.6 Å². The van der Waals surface area contributed by atoms with Crippen molar-refractivity contribution in [3.05, 3.63) is 97.2 Å². The highest BCUT2D eigenvalue weighted by atomic mass is 16.6. The Labute approximate surface area is 387 Å². The molecule has 1 atom stereocenters. The van der Waals surface area contributed by atoms with Gasteiger partial charge in [-0.3, -0.25) is 14.4 Å². The number of rotatable bonds is 45. The Kier molecular flexibility index (Phi) is 48.0. The first-order valence-corrected chi connectivity index (χ1v) is 25.8. The van der Waals surface area contributed by atoms with E-state index in [1.165, 1.54) is 83.5 Å². The molecule has 0 saturated heterocycles. The smallest absolute Gasteiger partial charge is 0.306 e. The molecular formula is C57H94O6. The van der Waals surface area contributed by atoms with Crippen LogP contribution in [0.25, 0.3) is 0 Å². The maximum absolute atomic E-state index is 12.8. The SMILES string of the molecule is CC\C=C/C=C\C=C/C=C\C=C/CCCCCC(=O)OC(COC(=O)CCCCCCCC/C=C\C/C=C\C/C=C\CC)COC(=O)CCCCCCCCCCCCCCCC. The number of hydrogen-bond acceptors (Lipinski definition) is 6. The molecule has 0 spiro atoms. The third-order valence-corrected chi connectivity index (χ3v) is 10.7. The molecule has 63 heavy (non-hydrogen) atoms. The lowest BCUT2D eigenvalue weighted by Crippen LogP contribution is -2.30. The monoisotopic (exact) mass is 875 g/mol. The summed E-state index contributed by atoms with van der Waals surface area (Å²) < 4.78 is 16.8. The van der Waals surface area contributed by atoms with Gasteiger partial charge < -0.3 is 14.2 Å². The number of unbranched alkanes of at least 4 members (excludes halogenated alkanes) is 22. The summed E-state index contributed by atoms with van der Waals surface area (Å²) >= 11 is 0. The summed E-state index contributed by atoms with van der Waals surface area (Å²) in [7, 11) is 0. The van der Waals surface area contributed by atoms with E-state index in [1.54, 1.807) is 0 Å². The van der Waals surface area contributed by atoms with Crippen LogP contribution in [-0.4, -0.2) is 37.2 Å². The van der Waals surface area contributed by atoms with E-state index in [2.05, 4.69) is 69.4 Å². The number of allylic oxidation sites excluding steroid dienone is 16. The van der Waals surface area contributed by atoms with Gasteiger partial charge in [0.1, 0.15) is 13.2 Å². The van der Waals surface area contributed by atoms with E-state index in [1.807, 2.05) is 48.6 Å². The predicted molar refractivity (Wildman–Crippen MR) is 270 cm³/mol. The number of ether oxygens (including phenoxy) is 3. The van der Waals surface area contributed by atoms with Gasteiger partial charge in [-0.15, -0.1) is 0 Å². The zero-order valence-electron chi connectivity index (χ0n) is 40.8. The van der Waals surface area contributed by atoms with Crippen molar-refractivity contribution in [1.29, 1.82) is 0 Å². The van der Waals surface area contributed by atoms with Crippen molar-refractivity contribution in [2.24, 2.45) is 0 Å². The summed E-state index contributed by atoms with van der Waals surface area (Å²) in [4.78, 5) is 38.0. The highest BCUT2D eigenvalue weighted by Crippen LogP contribution is 2.15. The Balaban J connectivity index is 4.49. The van der Waals surface area contributed by atoms with E-state index in [9.17, 15) is 14.4 Å². The topological polar surface area (TPSA) is 78.9 Å². The van der Waals surface area contributed by atoms with Crippen molar-refractivity contribution in [3.8, 4) is 0 Å². The van der Waals surface area contributed by atoms with Gasteiger partial charge in [0.2, 0.25) is 0 Å². The quantitative estimate of drug-likeness (QED) is 0.0199. The molecule has 0 saturated carbocycles. The molecule has 0 aliphatic heterocycles. The lowest BCUT2D eigenvalue weighted by molar-refractivity contribution is -0.167. The van der Waals surface area contributed by atoms with Crippen molar-refractivity contribution in [2.75, 3.05) is 13.2 Å². The van der Waals surface area contributed by atoms with Gasteiger partial charge in [0.05, 0.1) is 0 Å². The summed E-state index contributed by atoms with van der Waals surface area (Å²) in [6, 6.07) is 0. The summed E-state index contributed by atoms with van der Waals surface area (Å²) in [5.41, 5.74) is 0. The standard InChI is InChI=1S/C57H94O6/c1-4-7-10-13-16-19-22-25-28-30-32-35-38-41-44-47-50-56(59)62-53-54(52-61-55(58)49-46-43-40-37-34-31-27-24-21-18-15-12-9-6-3)63-57(60)51-48-45-42-39-36-33-29-26-23-20-17-14-11-8-5-2/h7-8,10-11,14,16-17,19-20,23,25-26,28-29,33,36,54H,4-6,9,12-13,15,18,21-22,24,27,30-32,34-35,37-53H2,1-3H3/b10-7-,11-8-,17-14-,19-16-,23-20-,28-25-,29-26-,36-33-. The fraction of sp³-hybridized carbons (Fsp3) is 0.667. The number of carbonyl (C=O) groups is 3. The molecule has 0 aliphatic carbocycles. The molecule has 0 heterocycles. The fourth-order valence-electron chi connectivity index (χ4n) is 6.89. The average molecular weight is 875 g/mol. The van der Waals surface area contributed by atoms with Crippen LogP contribution in [0.15, 0.2) is 97.2 Å². The van der Waals surface area contributed by atoms with E-state index in [0.717, 1.165) is 96.3 Å². The molecule has 6 heteroatoms. The number of hydrogen-bond donors (Lipinski definition) is 0. The second-order valence-electron chi connectivity index (χ2n) is 16.8. The third kappa shape index (κ3) is 49.2. The number of esters is 3. The average Bonchev–Trinajstić information content (AvgIpc) is 3.28. The van der Waals surface area contributed by atoms with Crippen LogP contribution in [0.4, 0.5) is 0 Å². The maximum atomic E-state index is 12.8. The van der Waals surface area contributed by atoms with Gasteiger partial charge in [-0.25, -0.2) is 0 Å². The van der Waals surface area contributed by atoms with E-state index in [0.29, 0.717) is 19.3 Å². The van der Waals surface area contributed by atoms with Crippen molar-refractivity contribution in [3.63, 3.8) is 0 Å². The Morgan fingerprint density at radius 3 is 1.17 bits per heavy atom. The van der Waals surface area contributed by atoms with Gasteiger partial charge in [0.15, 0.2) is 6.10 Å². The van der Waals surface area contributed by atoms with Gasteiger partial charge in [0, 0.05) is 19.3 Å². The minimum atomic E-state index is -0.804. The van der Waals surface area contributed by atoms with Crippen LogP contribution in [0.3, 0.4) is 0 Å². The largest absolute Gasteiger partial charge is 0.462 e. The summed E-state index contributed by atoms with van der Waals surface area (Å²) in [6.07, 6.45) is 66.7. The number of carbonyl (C=O) groups excluding carboxylic acids is 3. The Morgan fingerprint density at radius 1 is 0.349 bits per heavy atom. The molecule has 0 fully saturated rings. The third-order valence-electron chi connectivity index (χ3n) is 10.7. The lowest BCUT2D eigenvalue weighted by atomic mass is 10.0. The Morgan fingerprint density at radius 2 is 0.698 bits per heavy atom. The van der Waals surface area contributed by atoms with Crippen LogP contribution < -0.4 is 0 Å². The highest BCUT2D eigenvalue weighted by Gasteiger charge is 2.19. The Bertz CT molecular complexity index is 1280. The second kappa shape index (κ2) is 51.0. The van der Waals surface area contributed by atoms with Crippen LogP contribution in [0, 0.1) is 0 Å². The molecule has 358 valence electrons. The van der Waals surface area contributed by atoms with Crippen LogP contribution in [0.5, 0.6) is 0 Å². The normalized spacial score (nSPS) is 12.9. The molecule has 0 radical (unpaired) electrons. The summed E-state index contributed by atoms with van der Waals surface area (Å²) in [6.45, 7) is 6.33. The van der Waals surface area contributed by atoms with Crippen LogP contribution in [0.2, 0.25) is 0 Å². The maximum Gasteiger partial charge on any atom is 0.306 e. The molecular weight excluding hydrogens is 781 g/mol. The van der Waals surface area contributed by atoms with E-state index < -0.39 is 6.10 Å². The molecule has 0 aromatic heterocycles. The zero-order valence-corrected chi connectivity index (χ0v) is 40.8. The molecule has 0 bridgehead atoms. The van der Waals surface area contributed by atoms with Crippen molar-refractivity contribution < 1.29 is 28.6 Å². The summed E-state index contributed by atoms with van der Waals surface area (Å²) in [5.74, 6) is -0.955. The van der Waals surface area contributed by atoms with E-state index in [4.69, 9.17) is 14.2 Å². The lowest BCUT2D eigenvalue weighted by Gasteiger charge is -2.18. The highest BCUT2D eigenvalue weighted by molar-refractivity contribution is 5.71. The van der Waals surface area contributed by atoms with Gasteiger partial charge >= 0.3 is 17.9 Å². The zero-order chi connectivity index (χ0) is 45.8. The second-order valence-corrected chi connectivity index (χ2v) is 16.8. The predicted octanol–water partition coefficient (Wildman–Crippen LogP) is 17.0. The molecule has 0 aromatic rings. The minimum absolute atomic E-state index is 0.0985. The molecule has 0 amide bonds. The van der Waals surface area contributed by atoms with Gasteiger partial charge in [-0.05, 0) is 70.6 Å². The van der Waals surface area contributed by atoms with Crippen LogP contribution in [0.1, 0.15) is 226 Å². The van der Waals surface area contributed by atoms with Crippen molar-refractivity contribution >= 4 is 17.9 Å². The summed E-state index contributed by atoms with van der Waals surface area (Å²) in [5, 5.41) is 0. The first-order chi connectivity index (χ1) is 31.0. The van der Waals surface area contributed by atoms with Gasteiger partial charge in [-0.1, -0.05) is 234 Å². The molecule has 6 nitrogen and oxygen atoms in total. The van der Waals surface area contributed by atoms with Crippen LogP contribution >= 0.6 is 0 Å². The molecule has 1 unspecified atom stereocenters. The Hall–Kier alpha value is -3.67. The molecule has 0 rings (SSSR count).